The van der Waals surface area contributed by atoms with Crippen molar-refractivity contribution >= 4 is 17.2 Å². The predicted molar refractivity (Wildman–Crippen MR) is 61.1 cm³/mol. The summed E-state index contributed by atoms with van der Waals surface area (Å²) >= 11 is 1.59. The molecular weight excluding hydrogens is 240 g/mol. The predicted octanol–water partition coefficient (Wildman–Crippen LogP) is 1.02. The van der Waals surface area contributed by atoms with Crippen LogP contribution in [0.1, 0.15) is 5.89 Å². The normalized spacial score (nSPS) is 10.8. The molecule has 0 aliphatic carbocycles. The SMILES string of the molecule is Nc1cn(Cc2nc(-c3ccsc3)no2)nn1. The lowest BCUT2D eigenvalue weighted by atomic mass is 10.3. The molecule has 0 atom stereocenters. The zero-order valence-electron chi connectivity index (χ0n) is 8.65. The van der Waals surface area contributed by atoms with Crippen molar-refractivity contribution in [3.05, 3.63) is 28.9 Å². The molecule has 0 unspecified atom stereocenters. The van der Waals surface area contributed by atoms with E-state index in [0.29, 0.717) is 24.1 Å². The van der Waals surface area contributed by atoms with E-state index in [9.17, 15) is 0 Å². The summed E-state index contributed by atoms with van der Waals surface area (Å²) in [7, 11) is 0. The summed E-state index contributed by atoms with van der Waals surface area (Å²) in [6.07, 6.45) is 1.61. The van der Waals surface area contributed by atoms with E-state index in [-0.39, 0.29) is 0 Å². The van der Waals surface area contributed by atoms with Crippen LogP contribution in [0.5, 0.6) is 0 Å². The van der Waals surface area contributed by atoms with Gasteiger partial charge in [-0.15, -0.1) is 5.10 Å². The molecule has 2 N–H and O–H groups in total. The first kappa shape index (κ1) is 9.97. The standard InChI is InChI=1S/C9H8N6OS/c10-7-3-15(14-12-7)4-8-11-9(13-16-8)6-1-2-17-5-6/h1-3,5H,4,10H2. The van der Waals surface area contributed by atoms with Crippen LogP contribution in [0.4, 0.5) is 5.82 Å². The number of rotatable bonds is 3. The molecule has 0 spiro atoms. The van der Waals surface area contributed by atoms with Gasteiger partial charge in [0, 0.05) is 10.9 Å². The van der Waals surface area contributed by atoms with Gasteiger partial charge in [0.2, 0.25) is 11.7 Å². The van der Waals surface area contributed by atoms with E-state index >= 15 is 0 Å². The fraction of sp³-hybridized carbons (Fsp3) is 0.111. The van der Waals surface area contributed by atoms with Gasteiger partial charge < -0.3 is 10.3 Å². The molecule has 3 heterocycles. The number of nitrogens with zero attached hydrogens (tertiary/aromatic N) is 5. The molecule has 0 amide bonds. The maximum absolute atomic E-state index is 5.45. The summed E-state index contributed by atoms with van der Waals surface area (Å²) in [6, 6.07) is 1.94. The quantitative estimate of drug-likeness (QED) is 0.743. The van der Waals surface area contributed by atoms with Gasteiger partial charge in [0.1, 0.15) is 6.54 Å². The van der Waals surface area contributed by atoms with Gasteiger partial charge in [-0.1, -0.05) is 10.4 Å². The Bertz CT molecular complexity index is 613. The summed E-state index contributed by atoms with van der Waals surface area (Å²) in [5.74, 6) is 1.41. The Labute approximate surface area is 99.9 Å². The third kappa shape index (κ3) is 2.02. The van der Waals surface area contributed by atoms with Crippen molar-refractivity contribution in [3.63, 3.8) is 0 Å². The number of hydrogen-bond acceptors (Lipinski definition) is 7. The second kappa shape index (κ2) is 3.98. The van der Waals surface area contributed by atoms with Crippen LogP contribution in [-0.2, 0) is 6.54 Å². The van der Waals surface area contributed by atoms with Gasteiger partial charge in [0.05, 0.1) is 6.20 Å². The van der Waals surface area contributed by atoms with Gasteiger partial charge in [-0.05, 0) is 11.4 Å². The van der Waals surface area contributed by atoms with E-state index in [1.807, 2.05) is 16.8 Å². The Morgan fingerprint density at radius 2 is 2.41 bits per heavy atom. The number of aromatic nitrogens is 5. The minimum absolute atomic E-state index is 0.362. The average molecular weight is 248 g/mol. The van der Waals surface area contributed by atoms with E-state index in [1.54, 1.807) is 22.2 Å². The molecule has 3 rings (SSSR count). The lowest BCUT2D eigenvalue weighted by Gasteiger charge is -1.91. The summed E-state index contributed by atoms with van der Waals surface area (Å²) in [5, 5.41) is 15.3. The molecule has 0 aromatic carbocycles. The van der Waals surface area contributed by atoms with Crippen molar-refractivity contribution in [2.24, 2.45) is 0 Å². The van der Waals surface area contributed by atoms with Crippen LogP contribution < -0.4 is 5.73 Å². The molecule has 0 radical (unpaired) electrons. The zero-order chi connectivity index (χ0) is 11.7. The summed E-state index contributed by atoms with van der Waals surface area (Å²) in [6.45, 7) is 0.362. The van der Waals surface area contributed by atoms with Gasteiger partial charge in [-0.2, -0.15) is 16.3 Å². The Balaban J connectivity index is 1.81. The van der Waals surface area contributed by atoms with Gasteiger partial charge in [-0.25, -0.2) is 4.68 Å². The fourth-order valence-corrected chi connectivity index (χ4v) is 1.99. The maximum atomic E-state index is 5.45. The molecule has 0 saturated carbocycles. The van der Waals surface area contributed by atoms with Gasteiger partial charge in [0.15, 0.2) is 5.82 Å². The molecular formula is C9H8N6OS. The van der Waals surface area contributed by atoms with Gasteiger partial charge in [0.25, 0.3) is 0 Å². The van der Waals surface area contributed by atoms with E-state index < -0.39 is 0 Å². The Morgan fingerprint density at radius 1 is 1.47 bits per heavy atom. The second-order valence-electron chi connectivity index (χ2n) is 3.36. The number of hydrogen-bond donors (Lipinski definition) is 1. The maximum Gasteiger partial charge on any atom is 0.248 e. The van der Waals surface area contributed by atoms with E-state index in [0.717, 1.165) is 5.56 Å². The summed E-state index contributed by atoms with van der Waals surface area (Å²) in [5.41, 5.74) is 6.40. The first-order valence-electron chi connectivity index (χ1n) is 4.82. The van der Waals surface area contributed by atoms with Gasteiger partial charge >= 0.3 is 0 Å². The highest BCUT2D eigenvalue weighted by Crippen LogP contribution is 2.18. The highest BCUT2D eigenvalue weighted by molar-refractivity contribution is 7.08. The molecule has 7 nitrogen and oxygen atoms in total. The third-order valence-corrected chi connectivity index (χ3v) is 2.78. The first-order valence-corrected chi connectivity index (χ1v) is 5.76. The molecule has 8 heteroatoms. The van der Waals surface area contributed by atoms with Crippen molar-refractivity contribution in [2.75, 3.05) is 5.73 Å². The monoisotopic (exact) mass is 248 g/mol. The Morgan fingerprint density at radius 3 is 3.12 bits per heavy atom. The van der Waals surface area contributed by atoms with Crippen molar-refractivity contribution in [1.29, 1.82) is 0 Å². The van der Waals surface area contributed by atoms with Crippen LogP contribution in [0.3, 0.4) is 0 Å². The fourth-order valence-electron chi connectivity index (χ4n) is 1.36. The molecule has 0 bridgehead atoms. The molecule has 3 aromatic rings. The second-order valence-corrected chi connectivity index (χ2v) is 4.14. The molecule has 0 aliphatic rings. The Hall–Kier alpha value is -2.22. The average Bonchev–Trinajstić information content (AvgIpc) is 3.00. The summed E-state index contributed by atoms with van der Waals surface area (Å²) in [4.78, 5) is 4.26. The molecule has 0 fully saturated rings. The minimum Gasteiger partial charge on any atom is -0.381 e. The molecule has 17 heavy (non-hydrogen) atoms. The molecule has 0 saturated heterocycles. The third-order valence-electron chi connectivity index (χ3n) is 2.10. The number of nitrogens with two attached hydrogens (primary N) is 1. The highest BCUT2D eigenvalue weighted by atomic mass is 32.1. The lowest BCUT2D eigenvalue weighted by molar-refractivity contribution is 0.364. The topological polar surface area (TPSA) is 95.7 Å². The van der Waals surface area contributed by atoms with Crippen molar-refractivity contribution in [3.8, 4) is 11.4 Å². The summed E-state index contributed by atoms with van der Waals surface area (Å²) < 4.78 is 6.66. The van der Waals surface area contributed by atoms with Crippen LogP contribution >= 0.6 is 11.3 Å². The first-order chi connectivity index (χ1) is 8.31. The zero-order valence-corrected chi connectivity index (χ0v) is 9.46. The lowest BCUT2D eigenvalue weighted by Crippen LogP contribution is -2.00. The van der Waals surface area contributed by atoms with Crippen molar-refractivity contribution < 1.29 is 4.52 Å². The largest absolute Gasteiger partial charge is 0.381 e. The van der Waals surface area contributed by atoms with Gasteiger partial charge in [-0.3, -0.25) is 0 Å². The molecule has 86 valence electrons. The van der Waals surface area contributed by atoms with Crippen molar-refractivity contribution in [2.45, 2.75) is 6.54 Å². The van der Waals surface area contributed by atoms with Crippen LogP contribution in [0.15, 0.2) is 27.5 Å². The van der Waals surface area contributed by atoms with E-state index in [1.165, 1.54) is 0 Å². The highest BCUT2D eigenvalue weighted by Gasteiger charge is 2.09. The number of nitrogen functional groups attached to an aromatic ring is 1. The van der Waals surface area contributed by atoms with Crippen LogP contribution in [-0.4, -0.2) is 25.1 Å². The number of thiophene rings is 1. The van der Waals surface area contributed by atoms with E-state index in [2.05, 4.69) is 20.5 Å². The van der Waals surface area contributed by atoms with Crippen molar-refractivity contribution in [1.82, 2.24) is 25.1 Å². The minimum atomic E-state index is 0.362. The Kier molecular flexibility index (Phi) is 2.33. The molecule has 3 aromatic heterocycles. The van der Waals surface area contributed by atoms with E-state index in [4.69, 9.17) is 10.3 Å². The van der Waals surface area contributed by atoms with Crippen LogP contribution in [0.2, 0.25) is 0 Å². The molecule has 0 aliphatic heterocycles. The van der Waals surface area contributed by atoms with Crippen LogP contribution in [0.25, 0.3) is 11.4 Å². The smallest absolute Gasteiger partial charge is 0.248 e. The number of anilines is 1. The van der Waals surface area contributed by atoms with Crippen LogP contribution in [0, 0.1) is 0 Å².